The lowest BCUT2D eigenvalue weighted by atomic mass is 9.82. The van der Waals surface area contributed by atoms with E-state index in [0.717, 1.165) is 12.5 Å². The molecule has 1 aromatic rings. The Kier molecular flexibility index (Phi) is 6.63. The molecule has 0 saturated carbocycles. The monoisotopic (exact) mass is 427 g/mol. The number of nitrogens with one attached hydrogen (secondary N) is 1. The summed E-state index contributed by atoms with van der Waals surface area (Å²) in [5, 5.41) is 14.0. The third-order valence-corrected chi connectivity index (χ3v) is 4.72. The first-order valence-corrected chi connectivity index (χ1v) is 10.8. The number of rotatable bonds is 5. The molecule has 1 amide bonds. The fourth-order valence-electron chi connectivity index (χ4n) is 3.12. The molecule has 0 spiro atoms. The number of aromatic nitrogens is 1. The van der Waals surface area contributed by atoms with Crippen molar-refractivity contribution >= 4 is 27.5 Å². The molecule has 10 nitrogen and oxygen atoms in total. The van der Waals surface area contributed by atoms with Gasteiger partial charge in [0, 0.05) is 6.20 Å². The number of alkyl carbamates (subject to hydrolysis) is 1. The van der Waals surface area contributed by atoms with E-state index in [4.69, 9.17) is 8.92 Å². The minimum absolute atomic E-state index is 0.176. The molecule has 3 atom stereocenters. The Labute approximate surface area is 169 Å². The molecule has 0 radical (unpaired) electrons. The van der Waals surface area contributed by atoms with Crippen LogP contribution in [-0.2, 0) is 19.0 Å². The van der Waals surface area contributed by atoms with Crippen LogP contribution in [0.25, 0.3) is 5.57 Å². The number of nitrogens with zero attached hydrogens (tertiary/aromatic N) is 2. The Morgan fingerprint density at radius 2 is 2.03 bits per heavy atom. The van der Waals surface area contributed by atoms with Crippen molar-refractivity contribution in [2.75, 3.05) is 6.26 Å². The van der Waals surface area contributed by atoms with E-state index in [2.05, 4.69) is 10.3 Å². The van der Waals surface area contributed by atoms with E-state index >= 15 is 0 Å². The zero-order valence-corrected chi connectivity index (χ0v) is 17.7. The van der Waals surface area contributed by atoms with Crippen LogP contribution in [0.1, 0.15) is 39.7 Å². The highest BCUT2D eigenvalue weighted by Crippen LogP contribution is 2.36. The van der Waals surface area contributed by atoms with Crippen molar-refractivity contribution in [2.45, 2.75) is 51.9 Å². The summed E-state index contributed by atoms with van der Waals surface area (Å²) < 4.78 is 33.9. The summed E-state index contributed by atoms with van der Waals surface area (Å²) in [4.78, 5) is 26.9. The van der Waals surface area contributed by atoms with Crippen molar-refractivity contribution in [3.05, 3.63) is 40.2 Å². The molecular weight excluding hydrogens is 402 g/mol. The highest BCUT2D eigenvalue weighted by Gasteiger charge is 2.37. The average Bonchev–Trinajstić information content (AvgIpc) is 2.55. The molecule has 29 heavy (non-hydrogen) atoms. The van der Waals surface area contributed by atoms with E-state index < -0.39 is 38.9 Å². The number of carbonyl (C=O) groups excluding carboxylic acids is 1. The number of carbonyl (C=O) groups is 1. The molecule has 0 bridgehead atoms. The van der Waals surface area contributed by atoms with Crippen LogP contribution >= 0.6 is 0 Å². The molecule has 0 saturated heterocycles. The lowest BCUT2D eigenvalue weighted by molar-refractivity contribution is -0.385. The fourth-order valence-corrected chi connectivity index (χ4v) is 3.84. The van der Waals surface area contributed by atoms with Crippen LogP contribution in [0.5, 0.6) is 0 Å². The van der Waals surface area contributed by atoms with Crippen LogP contribution in [0.4, 0.5) is 10.5 Å². The van der Waals surface area contributed by atoms with Crippen LogP contribution in [-0.4, -0.2) is 48.4 Å². The molecular formula is C18H25N3O7S. The van der Waals surface area contributed by atoms with E-state index in [-0.39, 0.29) is 11.6 Å². The number of ether oxygens (including phenoxy) is 1. The number of hydrogen-bond donors (Lipinski definition) is 1. The number of allylic oxidation sites excluding steroid dienone is 1. The first kappa shape index (κ1) is 22.8. The first-order valence-electron chi connectivity index (χ1n) is 8.94. The van der Waals surface area contributed by atoms with Gasteiger partial charge in [-0.2, -0.15) is 8.42 Å². The van der Waals surface area contributed by atoms with Crippen LogP contribution in [0, 0.1) is 16.0 Å². The highest BCUT2D eigenvalue weighted by molar-refractivity contribution is 7.86. The van der Waals surface area contributed by atoms with Gasteiger partial charge in [-0.25, -0.2) is 4.79 Å². The maximum atomic E-state index is 12.3. The van der Waals surface area contributed by atoms with Gasteiger partial charge in [-0.05, 0) is 44.7 Å². The largest absolute Gasteiger partial charge is 0.444 e. The van der Waals surface area contributed by atoms with Crippen molar-refractivity contribution in [3.63, 3.8) is 0 Å². The Morgan fingerprint density at radius 3 is 2.59 bits per heavy atom. The van der Waals surface area contributed by atoms with Crippen molar-refractivity contribution in [1.29, 1.82) is 0 Å². The normalized spacial score (nSPS) is 22.5. The van der Waals surface area contributed by atoms with Gasteiger partial charge in [0.2, 0.25) is 0 Å². The van der Waals surface area contributed by atoms with Gasteiger partial charge in [-0.15, -0.1) is 0 Å². The van der Waals surface area contributed by atoms with E-state index in [1.165, 1.54) is 12.3 Å². The molecule has 3 unspecified atom stereocenters. The van der Waals surface area contributed by atoms with E-state index in [1.807, 2.05) is 0 Å². The maximum absolute atomic E-state index is 12.3. The molecule has 1 aliphatic carbocycles. The lowest BCUT2D eigenvalue weighted by Gasteiger charge is -2.35. The summed E-state index contributed by atoms with van der Waals surface area (Å²) in [6.07, 6.45) is 3.76. The molecule has 11 heteroatoms. The molecule has 1 aliphatic rings. The predicted octanol–water partition coefficient (Wildman–Crippen LogP) is 2.65. The molecule has 1 N–H and O–H groups in total. The van der Waals surface area contributed by atoms with Crippen molar-refractivity contribution in [1.82, 2.24) is 10.3 Å². The Hall–Kier alpha value is -2.53. The standard InChI is InChI=1S/C18H25N3O7S/c1-11-8-12(13-6-7-19-10-15(13)21(23)24)9-14(16(11)28-29(5,25)26)20-17(22)27-18(2,3)4/h6-7,9-11,14,16H,8H2,1-5H3,(H,20,22). The zero-order chi connectivity index (χ0) is 22.0. The quantitative estimate of drug-likeness (QED) is 0.430. The summed E-state index contributed by atoms with van der Waals surface area (Å²) in [6.45, 7) is 6.84. The number of amides is 1. The van der Waals surface area contributed by atoms with E-state index in [0.29, 0.717) is 17.6 Å². The number of hydrogen-bond acceptors (Lipinski definition) is 8. The summed E-state index contributed by atoms with van der Waals surface area (Å²) >= 11 is 0. The Bertz CT molecular complexity index is 922. The second-order valence-electron chi connectivity index (χ2n) is 7.96. The number of nitro groups is 1. The maximum Gasteiger partial charge on any atom is 0.408 e. The van der Waals surface area contributed by atoms with Crippen LogP contribution in [0.3, 0.4) is 0 Å². The summed E-state index contributed by atoms with van der Waals surface area (Å²) in [6, 6.07) is 0.644. The molecule has 0 aromatic carbocycles. The van der Waals surface area contributed by atoms with Crippen molar-refractivity contribution in [2.24, 2.45) is 5.92 Å². The zero-order valence-electron chi connectivity index (χ0n) is 16.9. The van der Waals surface area contributed by atoms with Gasteiger partial charge in [-0.3, -0.25) is 19.3 Å². The van der Waals surface area contributed by atoms with Gasteiger partial charge in [-0.1, -0.05) is 13.0 Å². The fraction of sp³-hybridized carbons (Fsp3) is 0.556. The molecule has 2 rings (SSSR count). The molecule has 0 aliphatic heterocycles. The second-order valence-corrected chi connectivity index (χ2v) is 9.56. The van der Waals surface area contributed by atoms with Crippen molar-refractivity contribution in [3.8, 4) is 0 Å². The SMILES string of the molecule is CC1CC(c2ccncc2[N+](=O)[O-])=CC(NC(=O)OC(C)(C)C)C1OS(C)(=O)=O. The molecule has 1 aromatic heterocycles. The first-order chi connectivity index (χ1) is 13.3. The molecule has 160 valence electrons. The second kappa shape index (κ2) is 8.46. The van der Waals surface area contributed by atoms with Crippen LogP contribution in [0.2, 0.25) is 0 Å². The van der Waals surface area contributed by atoms with Gasteiger partial charge in [0.05, 0.1) is 22.8 Å². The van der Waals surface area contributed by atoms with E-state index in [9.17, 15) is 23.3 Å². The van der Waals surface area contributed by atoms with Gasteiger partial charge < -0.3 is 10.1 Å². The van der Waals surface area contributed by atoms with Gasteiger partial charge >= 0.3 is 6.09 Å². The smallest absolute Gasteiger partial charge is 0.408 e. The lowest BCUT2D eigenvalue weighted by Crippen LogP contribution is -2.50. The van der Waals surface area contributed by atoms with Gasteiger partial charge in [0.15, 0.2) is 0 Å². The van der Waals surface area contributed by atoms with Crippen LogP contribution in [0.15, 0.2) is 24.5 Å². The van der Waals surface area contributed by atoms with Gasteiger partial charge in [0.25, 0.3) is 15.8 Å². The Morgan fingerprint density at radius 1 is 1.38 bits per heavy atom. The molecule has 0 fully saturated rings. The van der Waals surface area contributed by atoms with Crippen molar-refractivity contribution < 1.29 is 27.1 Å². The van der Waals surface area contributed by atoms with Crippen LogP contribution < -0.4 is 5.32 Å². The topological polar surface area (TPSA) is 138 Å². The minimum atomic E-state index is -3.80. The van der Waals surface area contributed by atoms with E-state index in [1.54, 1.807) is 33.8 Å². The third kappa shape index (κ3) is 6.50. The third-order valence-electron chi connectivity index (χ3n) is 4.15. The Balaban J connectivity index is 2.44. The average molecular weight is 427 g/mol. The summed E-state index contributed by atoms with van der Waals surface area (Å²) in [5.41, 5.74) is 0.00431. The van der Waals surface area contributed by atoms with Gasteiger partial charge in [0.1, 0.15) is 17.9 Å². The summed E-state index contributed by atoms with van der Waals surface area (Å²) in [7, 11) is -3.80. The highest BCUT2D eigenvalue weighted by atomic mass is 32.2. The summed E-state index contributed by atoms with van der Waals surface area (Å²) in [5.74, 6) is -0.363. The predicted molar refractivity (Wildman–Crippen MR) is 106 cm³/mol. The number of pyridine rings is 1. The minimum Gasteiger partial charge on any atom is -0.444 e. The molecule has 1 heterocycles.